The second-order valence-electron chi connectivity index (χ2n) is 6.12. The number of hydrogen-bond donors (Lipinski definition) is 2. The van der Waals surface area contributed by atoms with Gasteiger partial charge in [0.15, 0.2) is 5.65 Å². The fourth-order valence-corrected chi connectivity index (χ4v) is 3.25. The lowest BCUT2D eigenvalue weighted by Gasteiger charge is -2.12. The van der Waals surface area contributed by atoms with Crippen molar-refractivity contribution in [2.24, 2.45) is 0 Å². The molecule has 0 amide bonds. The third kappa shape index (κ3) is 2.50. The number of anilines is 2. The van der Waals surface area contributed by atoms with Gasteiger partial charge in [0, 0.05) is 5.69 Å². The number of nitrogens with one attached hydrogen (secondary N) is 2. The number of nitrogens with zero attached hydrogens (tertiary/aromatic N) is 3. The molecule has 3 aromatic rings. The zero-order chi connectivity index (χ0) is 15.8. The summed E-state index contributed by atoms with van der Waals surface area (Å²) in [5, 5.41) is 8.16. The molecule has 6 nitrogen and oxygen atoms in total. The van der Waals surface area contributed by atoms with Crippen LogP contribution in [0.25, 0.3) is 11.0 Å². The molecule has 4 rings (SSSR count). The second kappa shape index (κ2) is 5.53. The summed E-state index contributed by atoms with van der Waals surface area (Å²) in [7, 11) is 0. The molecule has 2 heterocycles. The van der Waals surface area contributed by atoms with E-state index in [0.717, 1.165) is 24.1 Å². The molecule has 0 saturated heterocycles. The highest BCUT2D eigenvalue weighted by Gasteiger charge is 2.21. The van der Waals surface area contributed by atoms with Crippen LogP contribution in [0.3, 0.4) is 0 Å². The summed E-state index contributed by atoms with van der Waals surface area (Å²) >= 11 is 0. The molecule has 2 aromatic heterocycles. The SMILES string of the molecule is Cc1ccccc1Nc1nc2c(cnn2C2CCCC2)c(=O)[nH]1. The van der Waals surface area contributed by atoms with Crippen LogP contribution in [-0.4, -0.2) is 19.7 Å². The van der Waals surface area contributed by atoms with Crippen LogP contribution >= 0.6 is 0 Å². The number of aromatic amines is 1. The second-order valence-corrected chi connectivity index (χ2v) is 6.12. The summed E-state index contributed by atoms with van der Waals surface area (Å²) in [6, 6.07) is 8.27. The van der Waals surface area contributed by atoms with E-state index < -0.39 is 0 Å². The Morgan fingerprint density at radius 3 is 2.83 bits per heavy atom. The minimum atomic E-state index is -0.157. The lowest BCUT2D eigenvalue weighted by Crippen LogP contribution is -2.13. The largest absolute Gasteiger partial charge is 0.325 e. The highest BCUT2D eigenvalue weighted by molar-refractivity contribution is 5.75. The number of H-pyrrole nitrogens is 1. The Morgan fingerprint density at radius 2 is 2.04 bits per heavy atom. The summed E-state index contributed by atoms with van der Waals surface area (Å²) in [5.74, 6) is 0.455. The molecule has 1 saturated carbocycles. The summed E-state index contributed by atoms with van der Waals surface area (Å²) < 4.78 is 1.92. The molecule has 1 aromatic carbocycles. The van der Waals surface area contributed by atoms with E-state index in [9.17, 15) is 4.79 Å². The maximum atomic E-state index is 12.3. The molecule has 0 bridgehead atoms. The van der Waals surface area contributed by atoms with Crippen LogP contribution in [0.4, 0.5) is 11.6 Å². The van der Waals surface area contributed by atoms with Crippen LogP contribution in [0.5, 0.6) is 0 Å². The zero-order valence-corrected chi connectivity index (χ0v) is 13.0. The Bertz CT molecular complexity index is 905. The van der Waals surface area contributed by atoms with Gasteiger partial charge in [0.2, 0.25) is 5.95 Å². The van der Waals surface area contributed by atoms with E-state index in [0.29, 0.717) is 23.0 Å². The number of para-hydroxylation sites is 1. The van der Waals surface area contributed by atoms with E-state index in [2.05, 4.69) is 20.4 Å². The molecular weight excluding hydrogens is 290 g/mol. The van der Waals surface area contributed by atoms with Crippen LogP contribution in [-0.2, 0) is 0 Å². The summed E-state index contributed by atoms with van der Waals surface area (Å²) in [4.78, 5) is 19.7. The van der Waals surface area contributed by atoms with E-state index in [1.54, 1.807) is 6.20 Å². The Balaban J connectivity index is 1.77. The summed E-state index contributed by atoms with van der Waals surface area (Å²) in [6.45, 7) is 2.02. The first-order chi connectivity index (χ1) is 11.2. The third-order valence-corrected chi connectivity index (χ3v) is 4.53. The van der Waals surface area contributed by atoms with Crippen LogP contribution in [0.15, 0.2) is 35.3 Å². The molecule has 6 heteroatoms. The number of rotatable bonds is 3. The van der Waals surface area contributed by atoms with Gasteiger partial charge in [-0.25, -0.2) is 4.68 Å². The van der Waals surface area contributed by atoms with Crippen LogP contribution in [0.1, 0.15) is 37.3 Å². The first-order valence-corrected chi connectivity index (χ1v) is 8.02. The van der Waals surface area contributed by atoms with Crippen molar-refractivity contribution in [3.8, 4) is 0 Å². The lowest BCUT2D eigenvalue weighted by atomic mass is 10.2. The van der Waals surface area contributed by atoms with Gasteiger partial charge >= 0.3 is 0 Å². The maximum absolute atomic E-state index is 12.3. The monoisotopic (exact) mass is 309 g/mol. The highest BCUT2D eigenvalue weighted by atomic mass is 16.1. The quantitative estimate of drug-likeness (QED) is 0.778. The van der Waals surface area contributed by atoms with E-state index in [-0.39, 0.29) is 5.56 Å². The third-order valence-electron chi connectivity index (χ3n) is 4.53. The van der Waals surface area contributed by atoms with Gasteiger partial charge in [-0.1, -0.05) is 31.0 Å². The topological polar surface area (TPSA) is 75.6 Å². The minimum absolute atomic E-state index is 0.157. The molecule has 0 radical (unpaired) electrons. The Labute approximate surface area is 133 Å². The molecule has 2 N–H and O–H groups in total. The molecule has 0 spiro atoms. The van der Waals surface area contributed by atoms with Crippen LogP contribution in [0.2, 0.25) is 0 Å². The predicted molar refractivity (Wildman–Crippen MR) is 90.1 cm³/mol. The molecule has 1 fully saturated rings. The Hall–Kier alpha value is -2.63. The van der Waals surface area contributed by atoms with Crippen molar-refractivity contribution in [1.82, 2.24) is 19.7 Å². The van der Waals surface area contributed by atoms with Crippen molar-refractivity contribution < 1.29 is 0 Å². The maximum Gasteiger partial charge on any atom is 0.263 e. The number of aromatic nitrogens is 4. The highest BCUT2D eigenvalue weighted by Crippen LogP contribution is 2.30. The van der Waals surface area contributed by atoms with Gasteiger partial charge in [0.1, 0.15) is 5.39 Å². The van der Waals surface area contributed by atoms with Crippen molar-refractivity contribution in [1.29, 1.82) is 0 Å². The number of benzene rings is 1. The molecule has 0 atom stereocenters. The fourth-order valence-electron chi connectivity index (χ4n) is 3.25. The average Bonchev–Trinajstić information content (AvgIpc) is 3.18. The van der Waals surface area contributed by atoms with Gasteiger partial charge < -0.3 is 5.32 Å². The van der Waals surface area contributed by atoms with Crippen LogP contribution < -0.4 is 10.9 Å². The van der Waals surface area contributed by atoms with Crippen molar-refractivity contribution in [2.75, 3.05) is 5.32 Å². The standard InChI is InChI=1S/C17H19N5O/c1-11-6-2-5-9-14(11)19-17-20-15-13(16(23)21-17)10-18-22(15)12-7-3-4-8-12/h2,5-6,9-10,12H,3-4,7-8H2,1H3,(H2,19,20,21,23). The van der Waals surface area contributed by atoms with Gasteiger partial charge in [-0.3, -0.25) is 9.78 Å². The van der Waals surface area contributed by atoms with Gasteiger partial charge in [0.25, 0.3) is 5.56 Å². The van der Waals surface area contributed by atoms with Crippen molar-refractivity contribution >= 4 is 22.7 Å². The predicted octanol–water partition coefficient (Wildman–Crippen LogP) is 3.29. The first-order valence-electron chi connectivity index (χ1n) is 8.02. The van der Waals surface area contributed by atoms with Crippen molar-refractivity contribution in [3.05, 3.63) is 46.4 Å². The Morgan fingerprint density at radius 1 is 1.26 bits per heavy atom. The molecule has 23 heavy (non-hydrogen) atoms. The van der Waals surface area contributed by atoms with E-state index >= 15 is 0 Å². The summed E-state index contributed by atoms with van der Waals surface area (Å²) in [5.41, 5.74) is 2.54. The van der Waals surface area contributed by atoms with E-state index in [4.69, 9.17) is 0 Å². The van der Waals surface area contributed by atoms with E-state index in [1.165, 1.54) is 12.8 Å². The van der Waals surface area contributed by atoms with Gasteiger partial charge in [-0.15, -0.1) is 0 Å². The lowest BCUT2D eigenvalue weighted by molar-refractivity contribution is 0.478. The van der Waals surface area contributed by atoms with Crippen molar-refractivity contribution in [2.45, 2.75) is 38.6 Å². The molecule has 1 aliphatic carbocycles. The molecule has 1 aliphatic rings. The minimum Gasteiger partial charge on any atom is -0.325 e. The normalized spacial score (nSPS) is 15.3. The number of fused-ring (bicyclic) bond motifs is 1. The first kappa shape index (κ1) is 14.0. The zero-order valence-electron chi connectivity index (χ0n) is 13.0. The van der Waals surface area contributed by atoms with Crippen molar-refractivity contribution in [3.63, 3.8) is 0 Å². The van der Waals surface area contributed by atoms with Gasteiger partial charge in [0.05, 0.1) is 12.2 Å². The van der Waals surface area contributed by atoms with Gasteiger partial charge in [-0.2, -0.15) is 10.1 Å². The van der Waals surface area contributed by atoms with Crippen LogP contribution in [0, 0.1) is 6.92 Å². The van der Waals surface area contributed by atoms with E-state index in [1.807, 2.05) is 35.9 Å². The number of aryl methyl sites for hydroxylation is 1. The average molecular weight is 309 g/mol. The number of hydrogen-bond acceptors (Lipinski definition) is 4. The Kier molecular flexibility index (Phi) is 3.37. The molecule has 0 unspecified atom stereocenters. The smallest absolute Gasteiger partial charge is 0.263 e. The fraction of sp³-hybridized carbons (Fsp3) is 0.353. The molecule has 118 valence electrons. The molecule has 0 aliphatic heterocycles. The van der Waals surface area contributed by atoms with Gasteiger partial charge in [-0.05, 0) is 31.4 Å². The molecular formula is C17H19N5O. The summed E-state index contributed by atoms with van der Waals surface area (Å²) in [6.07, 6.45) is 6.25.